The Morgan fingerprint density at radius 1 is 1.27 bits per heavy atom. The fourth-order valence-corrected chi connectivity index (χ4v) is 1.57. The van der Waals surface area contributed by atoms with Crippen molar-refractivity contribution in [3.05, 3.63) is 0 Å². The second-order valence-electron chi connectivity index (χ2n) is 3.38. The van der Waals surface area contributed by atoms with Gasteiger partial charge in [0.1, 0.15) is 0 Å². The van der Waals surface area contributed by atoms with Crippen molar-refractivity contribution in [2.75, 3.05) is 21.1 Å². The monoisotopic (exact) mass is 227 g/mol. The average molecular weight is 227 g/mol. The van der Waals surface area contributed by atoms with E-state index in [-0.39, 0.29) is 16.9 Å². The maximum atomic E-state index is 11.8. The molecular formula is C9H13N3O2S. The molecule has 0 aromatic rings. The minimum atomic E-state index is -0.823. The first-order chi connectivity index (χ1) is 6.91. The maximum absolute atomic E-state index is 11.8. The Hall–Kier alpha value is -1.30. The Balaban J connectivity index is 3.13. The summed E-state index contributed by atoms with van der Waals surface area (Å²) in [4.78, 5) is 30.1. The normalized spacial score (nSPS) is 20.3. The molecule has 1 fully saturated rings. The van der Waals surface area contributed by atoms with Crippen molar-refractivity contribution in [2.45, 2.75) is 6.92 Å². The summed E-state index contributed by atoms with van der Waals surface area (Å²) in [6, 6.07) is 0. The molecule has 82 valence electrons. The maximum Gasteiger partial charge on any atom is 0.246 e. The molecular weight excluding hydrogens is 214 g/mol. The largest absolute Gasteiger partial charge is 0.296 e. The van der Waals surface area contributed by atoms with Crippen molar-refractivity contribution in [1.29, 1.82) is 0 Å². The number of aliphatic imine (C=N–C) groups is 1. The van der Waals surface area contributed by atoms with Gasteiger partial charge in [0.05, 0.1) is 0 Å². The zero-order chi connectivity index (χ0) is 11.7. The molecule has 2 amide bonds. The lowest BCUT2D eigenvalue weighted by atomic mass is 9.99. The smallest absolute Gasteiger partial charge is 0.246 e. The lowest BCUT2D eigenvalue weighted by Gasteiger charge is -2.35. The highest BCUT2D eigenvalue weighted by Crippen LogP contribution is 2.16. The van der Waals surface area contributed by atoms with Crippen LogP contribution in [0.5, 0.6) is 0 Å². The molecule has 0 aliphatic carbocycles. The molecule has 6 heteroatoms. The SMILES string of the molecule is CN=C(C)C1C(=O)N(C)C(=S)N(C)C1=O. The molecule has 1 aliphatic heterocycles. The molecule has 1 heterocycles. The van der Waals surface area contributed by atoms with Crippen molar-refractivity contribution in [2.24, 2.45) is 10.9 Å². The first-order valence-electron chi connectivity index (χ1n) is 4.44. The van der Waals surface area contributed by atoms with Gasteiger partial charge in [0.2, 0.25) is 11.8 Å². The predicted octanol–water partition coefficient (Wildman–Crippen LogP) is -0.0914. The zero-order valence-electron chi connectivity index (χ0n) is 9.14. The van der Waals surface area contributed by atoms with E-state index in [2.05, 4.69) is 4.99 Å². The minimum absolute atomic E-state index is 0.227. The number of hydrogen-bond acceptors (Lipinski definition) is 4. The van der Waals surface area contributed by atoms with Crippen molar-refractivity contribution >= 4 is 34.9 Å². The molecule has 0 N–H and O–H groups in total. The number of carbonyl (C=O) groups is 2. The van der Waals surface area contributed by atoms with E-state index in [0.717, 1.165) is 0 Å². The predicted molar refractivity (Wildman–Crippen MR) is 60.7 cm³/mol. The number of nitrogens with zero attached hydrogens (tertiary/aromatic N) is 3. The number of amides is 2. The molecule has 0 spiro atoms. The van der Waals surface area contributed by atoms with Crippen LogP contribution in [0.3, 0.4) is 0 Å². The number of carbonyl (C=O) groups excluding carboxylic acids is 2. The Kier molecular flexibility index (Phi) is 3.18. The third kappa shape index (κ3) is 1.77. The van der Waals surface area contributed by atoms with E-state index in [1.807, 2.05) is 0 Å². The zero-order valence-corrected chi connectivity index (χ0v) is 9.96. The summed E-state index contributed by atoms with van der Waals surface area (Å²) >= 11 is 4.95. The van der Waals surface area contributed by atoms with E-state index in [0.29, 0.717) is 5.71 Å². The molecule has 0 unspecified atom stereocenters. The summed E-state index contributed by atoms with van der Waals surface area (Å²) in [5.41, 5.74) is 0.506. The van der Waals surface area contributed by atoms with Crippen LogP contribution in [0, 0.1) is 5.92 Å². The van der Waals surface area contributed by atoms with E-state index < -0.39 is 5.92 Å². The highest BCUT2D eigenvalue weighted by atomic mass is 32.1. The quantitative estimate of drug-likeness (QED) is 0.357. The Morgan fingerprint density at radius 2 is 1.67 bits per heavy atom. The van der Waals surface area contributed by atoms with Gasteiger partial charge in [-0.15, -0.1) is 0 Å². The molecule has 0 aromatic carbocycles. The van der Waals surface area contributed by atoms with Crippen LogP contribution in [-0.2, 0) is 9.59 Å². The van der Waals surface area contributed by atoms with Gasteiger partial charge in [0, 0.05) is 26.9 Å². The third-order valence-corrected chi connectivity index (χ3v) is 3.05. The average Bonchev–Trinajstić information content (AvgIpc) is 2.23. The standard InChI is InChI=1S/C9H13N3O2S/c1-5(10-2)6-7(13)11(3)9(15)12(4)8(6)14/h6H,1-4H3. The Morgan fingerprint density at radius 3 is 2.00 bits per heavy atom. The highest BCUT2D eigenvalue weighted by Gasteiger charge is 2.41. The van der Waals surface area contributed by atoms with Crippen molar-refractivity contribution < 1.29 is 9.59 Å². The molecule has 0 aromatic heterocycles. The summed E-state index contributed by atoms with van der Waals surface area (Å²) < 4.78 is 0. The third-order valence-electron chi connectivity index (χ3n) is 2.50. The van der Waals surface area contributed by atoms with Gasteiger partial charge in [-0.05, 0) is 19.1 Å². The van der Waals surface area contributed by atoms with Crippen LogP contribution in [0.15, 0.2) is 4.99 Å². The van der Waals surface area contributed by atoms with Crippen molar-refractivity contribution in [1.82, 2.24) is 9.80 Å². The van der Waals surface area contributed by atoms with Crippen LogP contribution in [0.4, 0.5) is 0 Å². The minimum Gasteiger partial charge on any atom is -0.296 e. The molecule has 5 nitrogen and oxygen atoms in total. The van der Waals surface area contributed by atoms with Crippen LogP contribution in [0.2, 0.25) is 0 Å². The van der Waals surface area contributed by atoms with Crippen molar-refractivity contribution in [3.8, 4) is 0 Å². The Bertz CT molecular complexity index is 340. The molecule has 1 aliphatic rings. The summed E-state index contributed by atoms with van der Waals surface area (Å²) in [6.07, 6.45) is 0. The van der Waals surface area contributed by atoms with Crippen LogP contribution >= 0.6 is 12.2 Å². The summed E-state index contributed by atoms with van der Waals surface area (Å²) in [5, 5.41) is 0.227. The molecule has 15 heavy (non-hydrogen) atoms. The van der Waals surface area contributed by atoms with Gasteiger partial charge >= 0.3 is 0 Å². The molecule has 1 saturated heterocycles. The number of thiocarbonyl (C=S) groups is 1. The van der Waals surface area contributed by atoms with Gasteiger partial charge < -0.3 is 0 Å². The first-order valence-corrected chi connectivity index (χ1v) is 4.85. The van der Waals surface area contributed by atoms with E-state index in [1.165, 1.54) is 9.80 Å². The number of rotatable bonds is 1. The van der Waals surface area contributed by atoms with E-state index in [4.69, 9.17) is 12.2 Å². The second kappa shape index (κ2) is 4.06. The van der Waals surface area contributed by atoms with Crippen LogP contribution < -0.4 is 0 Å². The van der Waals surface area contributed by atoms with E-state index >= 15 is 0 Å². The second-order valence-corrected chi connectivity index (χ2v) is 3.74. The molecule has 0 bridgehead atoms. The molecule has 1 rings (SSSR count). The summed E-state index contributed by atoms with van der Waals surface area (Å²) in [7, 11) is 4.68. The van der Waals surface area contributed by atoms with E-state index in [9.17, 15) is 9.59 Å². The van der Waals surface area contributed by atoms with Crippen LogP contribution in [0.1, 0.15) is 6.92 Å². The summed E-state index contributed by atoms with van der Waals surface area (Å²) in [6.45, 7) is 1.66. The molecule has 0 radical (unpaired) electrons. The number of hydrogen-bond donors (Lipinski definition) is 0. The van der Waals surface area contributed by atoms with Gasteiger partial charge in [0.15, 0.2) is 11.0 Å². The molecule has 0 atom stereocenters. The topological polar surface area (TPSA) is 53.0 Å². The van der Waals surface area contributed by atoms with Crippen LogP contribution in [-0.4, -0.2) is 53.6 Å². The molecule has 0 saturated carbocycles. The Labute approximate surface area is 93.7 Å². The van der Waals surface area contributed by atoms with Crippen molar-refractivity contribution in [3.63, 3.8) is 0 Å². The lowest BCUT2D eigenvalue weighted by Crippen LogP contribution is -2.58. The van der Waals surface area contributed by atoms with Gasteiger partial charge in [0.25, 0.3) is 0 Å². The lowest BCUT2D eigenvalue weighted by molar-refractivity contribution is -0.142. The highest BCUT2D eigenvalue weighted by molar-refractivity contribution is 7.80. The van der Waals surface area contributed by atoms with Gasteiger partial charge in [-0.1, -0.05) is 0 Å². The van der Waals surface area contributed by atoms with Gasteiger partial charge in [-0.25, -0.2) is 0 Å². The fraction of sp³-hybridized carbons (Fsp3) is 0.556. The van der Waals surface area contributed by atoms with Crippen LogP contribution in [0.25, 0.3) is 0 Å². The fourth-order valence-electron chi connectivity index (χ4n) is 1.39. The van der Waals surface area contributed by atoms with Gasteiger partial charge in [-0.3, -0.25) is 24.4 Å². The van der Waals surface area contributed by atoms with E-state index in [1.54, 1.807) is 28.1 Å². The summed E-state index contributed by atoms with van der Waals surface area (Å²) in [5.74, 6) is -1.45. The van der Waals surface area contributed by atoms with Gasteiger partial charge in [-0.2, -0.15) is 0 Å². The first kappa shape index (κ1) is 11.8.